The fourth-order valence-corrected chi connectivity index (χ4v) is 3.86. The fraction of sp³-hybridized carbons (Fsp3) is 0.120. The number of carbonyl (C=O) groups excluding carboxylic acids is 3. The summed E-state index contributed by atoms with van der Waals surface area (Å²) in [5.41, 5.74) is 0.331. The zero-order chi connectivity index (χ0) is 26.0. The van der Waals surface area contributed by atoms with Crippen LogP contribution in [-0.2, 0) is 9.47 Å². The number of hydrogen-bond acceptors (Lipinski definition) is 9. The van der Waals surface area contributed by atoms with Crippen molar-refractivity contribution in [3.05, 3.63) is 93.4 Å². The quantitative estimate of drug-likeness (QED) is 0.164. The highest BCUT2D eigenvalue weighted by Crippen LogP contribution is 2.33. The lowest BCUT2D eigenvalue weighted by molar-refractivity contribution is -0.384. The van der Waals surface area contributed by atoms with E-state index in [0.29, 0.717) is 17.0 Å². The van der Waals surface area contributed by atoms with Crippen LogP contribution in [0.2, 0.25) is 0 Å². The molecule has 2 aromatic carbocycles. The highest BCUT2D eigenvalue weighted by Gasteiger charge is 2.33. The van der Waals surface area contributed by atoms with E-state index in [0.717, 1.165) is 14.2 Å². The molecule has 0 bridgehead atoms. The van der Waals surface area contributed by atoms with Crippen LogP contribution in [0.15, 0.2) is 60.9 Å². The summed E-state index contributed by atoms with van der Waals surface area (Å²) < 4.78 is 16.5. The van der Waals surface area contributed by atoms with Crippen molar-refractivity contribution in [1.82, 2.24) is 9.38 Å². The number of nitrogens with zero attached hydrogens (tertiary/aromatic N) is 3. The van der Waals surface area contributed by atoms with Gasteiger partial charge in [0.05, 0.1) is 37.5 Å². The maximum Gasteiger partial charge on any atom is 0.341 e. The van der Waals surface area contributed by atoms with E-state index in [4.69, 9.17) is 14.2 Å². The van der Waals surface area contributed by atoms with Crippen LogP contribution in [-0.4, -0.2) is 53.4 Å². The van der Waals surface area contributed by atoms with Gasteiger partial charge in [0.1, 0.15) is 28.9 Å². The van der Waals surface area contributed by atoms with Crippen LogP contribution in [0.4, 0.5) is 5.69 Å². The standard InChI is InChI=1S/C25H19N3O8/c1-34-19-7-5-4-6-16(19)17-12-18-20(24(30)35-2)21(25(31)36-3)22(27(18)13-26-17)23(29)14-8-10-15(11-9-14)28(32)33/h4-13H,1-3H3. The van der Waals surface area contributed by atoms with Crippen molar-refractivity contribution in [3.8, 4) is 17.0 Å². The van der Waals surface area contributed by atoms with E-state index in [1.165, 1.54) is 48.2 Å². The number of benzene rings is 2. The van der Waals surface area contributed by atoms with Crippen LogP contribution < -0.4 is 4.74 Å². The predicted molar refractivity (Wildman–Crippen MR) is 126 cm³/mol. The second-order valence-corrected chi connectivity index (χ2v) is 7.44. The summed E-state index contributed by atoms with van der Waals surface area (Å²) in [6.07, 6.45) is 1.30. The number of esters is 2. The SMILES string of the molecule is COC(=O)c1c(C(=O)OC)c2cc(-c3ccccc3OC)ncn2c1C(=O)c1ccc([N+](=O)[O-])cc1. The summed E-state index contributed by atoms with van der Waals surface area (Å²) in [5, 5.41) is 11.0. The molecule has 0 N–H and O–H groups in total. The van der Waals surface area contributed by atoms with Gasteiger partial charge in [0.25, 0.3) is 5.69 Å². The van der Waals surface area contributed by atoms with E-state index in [9.17, 15) is 24.5 Å². The summed E-state index contributed by atoms with van der Waals surface area (Å²) in [4.78, 5) is 54.1. The lowest BCUT2D eigenvalue weighted by atomic mass is 10.0. The van der Waals surface area contributed by atoms with E-state index in [-0.39, 0.29) is 33.6 Å². The lowest BCUT2D eigenvalue weighted by Crippen LogP contribution is -2.15. The number of nitro groups is 1. The van der Waals surface area contributed by atoms with Crippen molar-refractivity contribution in [2.45, 2.75) is 0 Å². The largest absolute Gasteiger partial charge is 0.496 e. The molecule has 4 aromatic rings. The van der Waals surface area contributed by atoms with Crippen LogP contribution in [0.3, 0.4) is 0 Å². The third-order valence-corrected chi connectivity index (χ3v) is 5.55. The second kappa shape index (κ2) is 9.66. The zero-order valence-electron chi connectivity index (χ0n) is 19.4. The number of hydrogen-bond donors (Lipinski definition) is 0. The molecule has 182 valence electrons. The molecule has 0 unspecified atom stereocenters. The molecule has 2 heterocycles. The topological polar surface area (TPSA) is 139 Å². The smallest absolute Gasteiger partial charge is 0.341 e. The summed E-state index contributed by atoms with van der Waals surface area (Å²) in [6.45, 7) is 0. The van der Waals surface area contributed by atoms with Gasteiger partial charge < -0.3 is 14.2 Å². The maximum absolute atomic E-state index is 13.6. The molecule has 0 atom stereocenters. The molecule has 36 heavy (non-hydrogen) atoms. The van der Waals surface area contributed by atoms with Gasteiger partial charge in [-0.3, -0.25) is 19.3 Å². The first-order chi connectivity index (χ1) is 17.3. The Labute approximate surface area is 204 Å². The van der Waals surface area contributed by atoms with Gasteiger partial charge in [0.15, 0.2) is 0 Å². The number of fused-ring (bicyclic) bond motifs is 1. The maximum atomic E-state index is 13.6. The van der Waals surface area contributed by atoms with Crippen molar-refractivity contribution in [2.24, 2.45) is 0 Å². The molecular formula is C25H19N3O8. The minimum atomic E-state index is -0.941. The number of ketones is 1. The van der Waals surface area contributed by atoms with Gasteiger partial charge in [0.2, 0.25) is 5.78 Å². The van der Waals surface area contributed by atoms with Crippen molar-refractivity contribution in [1.29, 1.82) is 0 Å². The van der Waals surface area contributed by atoms with Gasteiger partial charge >= 0.3 is 11.9 Å². The van der Waals surface area contributed by atoms with Crippen molar-refractivity contribution in [2.75, 3.05) is 21.3 Å². The van der Waals surface area contributed by atoms with E-state index in [2.05, 4.69) is 4.98 Å². The first-order valence-electron chi connectivity index (χ1n) is 10.5. The average Bonchev–Trinajstić information content (AvgIpc) is 3.26. The van der Waals surface area contributed by atoms with Gasteiger partial charge in [-0.05, 0) is 30.3 Å². The van der Waals surface area contributed by atoms with Crippen molar-refractivity contribution in [3.63, 3.8) is 0 Å². The van der Waals surface area contributed by atoms with Crippen LogP contribution in [0.25, 0.3) is 16.8 Å². The molecule has 0 fully saturated rings. The predicted octanol–water partition coefficient (Wildman–Crippen LogP) is 3.72. The first-order valence-corrected chi connectivity index (χ1v) is 10.5. The normalized spacial score (nSPS) is 10.6. The molecule has 0 saturated heterocycles. The summed E-state index contributed by atoms with van der Waals surface area (Å²) >= 11 is 0. The lowest BCUT2D eigenvalue weighted by Gasteiger charge is -2.09. The highest BCUT2D eigenvalue weighted by atomic mass is 16.6. The molecule has 0 spiro atoms. The Hall–Kier alpha value is -5.06. The van der Waals surface area contributed by atoms with Gasteiger partial charge in [-0.1, -0.05) is 12.1 Å². The third-order valence-electron chi connectivity index (χ3n) is 5.55. The Balaban J connectivity index is 2.02. The molecule has 4 rings (SSSR count). The third kappa shape index (κ3) is 4.02. The molecule has 0 saturated carbocycles. The Kier molecular flexibility index (Phi) is 6.46. The molecule has 0 aliphatic rings. The Morgan fingerprint density at radius 2 is 1.56 bits per heavy atom. The number of rotatable bonds is 7. The Morgan fingerprint density at radius 1 is 0.917 bits per heavy atom. The van der Waals surface area contributed by atoms with E-state index < -0.39 is 22.6 Å². The van der Waals surface area contributed by atoms with Gasteiger partial charge in [-0.25, -0.2) is 14.6 Å². The summed E-state index contributed by atoms with van der Waals surface area (Å²) in [6, 6.07) is 13.5. The number of carbonyl (C=O) groups is 3. The molecule has 11 heteroatoms. The minimum absolute atomic E-state index is 0.0513. The molecule has 2 aromatic heterocycles. The van der Waals surface area contributed by atoms with E-state index in [1.54, 1.807) is 24.3 Å². The van der Waals surface area contributed by atoms with Crippen LogP contribution in [0, 0.1) is 10.1 Å². The van der Waals surface area contributed by atoms with Crippen LogP contribution >= 0.6 is 0 Å². The first kappa shape index (κ1) is 24.1. The number of aromatic nitrogens is 2. The highest BCUT2D eigenvalue weighted by molar-refractivity contribution is 6.20. The Bertz CT molecular complexity index is 1520. The molecule has 0 aliphatic carbocycles. The average molecular weight is 489 g/mol. The molecular weight excluding hydrogens is 470 g/mol. The number of ether oxygens (including phenoxy) is 3. The van der Waals surface area contributed by atoms with Crippen LogP contribution in [0.1, 0.15) is 36.8 Å². The number of para-hydroxylation sites is 1. The number of non-ortho nitro benzene ring substituents is 1. The van der Waals surface area contributed by atoms with Gasteiger partial charge in [0, 0.05) is 23.3 Å². The van der Waals surface area contributed by atoms with E-state index >= 15 is 0 Å². The molecule has 0 aliphatic heterocycles. The minimum Gasteiger partial charge on any atom is -0.496 e. The number of methoxy groups -OCH3 is 3. The second-order valence-electron chi connectivity index (χ2n) is 7.44. The summed E-state index contributed by atoms with van der Waals surface area (Å²) in [7, 11) is 3.77. The molecule has 0 radical (unpaired) electrons. The molecule has 11 nitrogen and oxygen atoms in total. The van der Waals surface area contributed by atoms with Crippen molar-refractivity contribution >= 4 is 28.9 Å². The number of nitro benzene ring substituents is 1. The Morgan fingerprint density at radius 3 is 2.17 bits per heavy atom. The van der Waals surface area contributed by atoms with Crippen molar-refractivity contribution < 1.29 is 33.5 Å². The van der Waals surface area contributed by atoms with Gasteiger partial charge in [-0.15, -0.1) is 0 Å². The summed E-state index contributed by atoms with van der Waals surface area (Å²) in [5.74, 6) is -1.96. The van der Waals surface area contributed by atoms with Crippen LogP contribution in [0.5, 0.6) is 5.75 Å². The van der Waals surface area contributed by atoms with Gasteiger partial charge in [-0.2, -0.15) is 0 Å². The van der Waals surface area contributed by atoms with E-state index in [1.807, 2.05) is 0 Å². The fourth-order valence-electron chi connectivity index (χ4n) is 3.86. The monoisotopic (exact) mass is 489 g/mol. The zero-order valence-corrected chi connectivity index (χ0v) is 19.4. The molecule has 0 amide bonds.